The van der Waals surface area contributed by atoms with Crippen LogP contribution in [0.3, 0.4) is 0 Å². The van der Waals surface area contributed by atoms with Crippen molar-refractivity contribution in [3.8, 4) is 0 Å². The lowest BCUT2D eigenvalue weighted by atomic mass is 10.2. The summed E-state index contributed by atoms with van der Waals surface area (Å²) in [4.78, 5) is 12.4. The first-order chi connectivity index (χ1) is 9.66. The Morgan fingerprint density at radius 2 is 1.75 bits per heavy atom. The van der Waals surface area contributed by atoms with E-state index in [-0.39, 0.29) is 11.4 Å². The van der Waals surface area contributed by atoms with Crippen molar-refractivity contribution in [2.24, 2.45) is 0 Å². The Hall–Kier alpha value is -1.46. The second kappa shape index (κ2) is 7.36. The molecule has 0 saturated carbocycles. The first kappa shape index (κ1) is 14.9. The maximum Gasteiger partial charge on any atom is 0.335 e. The molecule has 0 amide bonds. The van der Waals surface area contributed by atoms with Gasteiger partial charge in [0.1, 0.15) is 5.82 Å². The second-order valence-electron chi connectivity index (χ2n) is 3.96. The van der Waals surface area contributed by atoms with Gasteiger partial charge >= 0.3 is 5.97 Å². The summed E-state index contributed by atoms with van der Waals surface area (Å²) in [5.41, 5.74) is 0.115. The molecule has 0 atom stereocenters. The van der Waals surface area contributed by atoms with Gasteiger partial charge in [0.25, 0.3) is 0 Å². The van der Waals surface area contributed by atoms with Gasteiger partial charge in [-0.2, -0.15) is 0 Å². The highest BCUT2D eigenvalue weighted by molar-refractivity contribution is 8.03. The van der Waals surface area contributed by atoms with Crippen molar-refractivity contribution in [1.29, 1.82) is 0 Å². The zero-order valence-electron chi connectivity index (χ0n) is 10.6. The Morgan fingerprint density at radius 1 is 1.05 bits per heavy atom. The molecule has 1 N–H and O–H groups in total. The van der Waals surface area contributed by atoms with Gasteiger partial charge < -0.3 is 5.11 Å². The standard InChI is InChI=1S/C15H13FO2S2/c16-13-7-6-11(15(17)18)10-14(13)20-9-8-19-12-4-2-1-3-5-12/h1-7,10H,8-9H2,(H,17,18). The number of benzene rings is 2. The smallest absolute Gasteiger partial charge is 0.335 e. The summed E-state index contributed by atoms with van der Waals surface area (Å²) >= 11 is 3.04. The highest BCUT2D eigenvalue weighted by Gasteiger charge is 2.08. The van der Waals surface area contributed by atoms with E-state index in [1.54, 1.807) is 11.8 Å². The van der Waals surface area contributed by atoms with Crippen LogP contribution in [0.2, 0.25) is 0 Å². The van der Waals surface area contributed by atoms with Gasteiger partial charge in [-0.15, -0.1) is 23.5 Å². The normalized spacial score (nSPS) is 10.4. The molecule has 0 bridgehead atoms. The van der Waals surface area contributed by atoms with Crippen LogP contribution in [0.4, 0.5) is 4.39 Å². The second-order valence-corrected chi connectivity index (χ2v) is 6.27. The number of aromatic carboxylic acids is 1. The molecule has 2 aromatic rings. The molecule has 0 aliphatic carbocycles. The highest BCUT2D eigenvalue weighted by Crippen LogP contribution is 2.25. The zero-order chi connectivity index (χ0) is 14.4. The van der Waals surface area contributed by atoms with Gasteiger partial charge in [-0.1, -0.05) is 18.2 Å². The largest absolute Gasteiger partial charge is 0.478 e. The number of rotatable bonds is 6. The van der Waals surface area contributed by atoms with Crippen LogP contribution in [0.1, 0.15) is 10.4 Å². The molecule has 0 radical (unpaired) electrons. The molecule has 2 nitrogen and oxygen atoms in total. The number of carboxylic acids is 1. The van der Waals surface area contributed by atoms with Crippen molar-refractivity contribution in [1.82, 2.24) is 0 Å². The van der Waals surface area contributed by atoms with Crippen LogP contribution in [0.15, 0.2) is 58.3 Å². The van der Waals surface area contributed by atoms with Gasteiger partial charge in [-0.05, 0) is 30.3 Å². The monoisotopic (exact) mass is 308 g/mol. The predicted molar refractivity (Wildman–Crippen MR) is 81.2 cm³/mol. The van der Waals surface area contributed by atoms with Gasteiger partial charge in [0.2, 0.25) is 0 Å². The topological polar surface area (TPSA) is 37.3 Å². The summed E-state index contributed by atoms with van der Waals surface area (Å²) in [7, 11) is 0. The van der Waals surface area contributed by atoms with E-state index in [2.05, 4.69) is 0 Å². The molecule has 0 heterocycles. The van der Waals surface area contributed by atoms with Crippen molar-refractivity contribution in [3.05, 3.63) is 59.9 Å². The van der Waals surface area contributed by atoms with Crippen LogP contribution < -0.4 is 0 Å². The number of carbonyl (C=O) groups is 1. The minimum Gasteiger partial charge on any atom is -0.478 e. The summed E-state index contributed by atoms with van der Waals surface area (Å²) in [6.45, 7) is 0. The number of halogens is 1. The number of thioether (sulfide) groups is 2. The van der Waals surface area contributed by atoms with E-state index in [4.69, 9.17) is 5.11 Å². The van der Waals surface area contributed by atoms with Gasteiger partial charge in [0.05, 0.1) is 5.56 Å². The van der Waals surface area contributed by atoms with E-state index >= 15 is 0 Å². The van der Waals surface area contributed by atoms with Crippen LogP contribution in [0.5, 0.6) is 0 Å². The molecule has 0 saturated heterocycles. The Labute approximate surface area is 125 Å². The van der Waals surface area contributed by atoms with E-state index in [1.807, 2.05) is 30.3 Å². The van der Waals surface area contributed by atoms with Crippen LogP contribution in [0.25, 0.3) is 0 Å². The number of hydrogen-bond donors (Lipinski definition) is 1. The van der Waals surface area contributed by atoms with Crippen molar-refractivity contribution in [2.75, 3.05) is 11.5 Å². The van der Waals surface area contributed by atoms with Crippen LogP contribution in [-0.2, 0) is 0 Å². The summed E-state index contributed by atoms with van der Waals surface area (Å²) in [5, 5.41) is 8.88. The first-order valence-corrected chi connectivity index (χ1v) is 7.97. The van der Waals surface area contributed by atoms with Gasteiger partial charge in [0.15, 0.2) is 0 Å². The van der Waals surface area contributed by atoms with Gasteiger partial charge in [-0.25, -0.2) is 9.18 Å². The maximum absolute atomic E-state index is 13.6. The molecule has 20 heavy (non-hydrogen) atoms. The van der Waals surface area contributed by atoms with Crippen molar-refractivity contribution in [2.45, 2.75) is 9.79 Å². The molecule has 0 aromatic heterocycles. The fraction of sp³-hybridized carbons (Fsp3) is 0.133. The minimum atomic E-state index is -1.04. The molecule has 104 valence electrons. The zero-order valence-corrected chi connectivity index (χ0v) is 12.2. The molecule has 0 spiro atoms. The van der Waals surface area contributed by atoms with Gasteiger partial charge in [-0.3, -0.25) is 0 Å². The summed E-state index contributed by atoms with van der Waals surface area (Å²) in [6, 6.07) is 13.8. The average Bonchev–Trinajstić information content (AvgIpc) is 2.46. The maximum atomic E-state index is 13.6. The molecular weight excluding hydrogens is 295 g/mol. The van der Waals surface area contributed by atoms with Crippen molar-refractivity contribution in [3.63, 3.8) is 0 Å². The third kappa shape index (κ3) is 4.28. The van der Waals surface area contributed by atoms with Crippen molar-refractivity contribution >= 4 is 29.5 Å². The molecule has 0 aliphatic rings. The Morgan fingerprint density at radius 3 is 2.45 bits per heavy atom. The summed E-state index contributed by atoms with van der Waals surface area (Å²) in [6.07, 6.45) is 0. The molecular formula is C15H13FO2S2. The fourth-order valence-electron chi connectivity index (χ4n) is 1.57. The quantitative estimate of drug-likeness (QED) is 0.633. The van der Waals surface area contributed by atoms with Crippen molar-refractivity contribution < 1.29 is 14.3 Å². The average molecular weight is 308 g/mol. The van der Waals surface area contributed by atoms with Crippen LogP contribution in [-0.4, -0.2) is 22.6 Å². The third-order valence-corrected chi connectivity index (χ3v) is 4.84. The SMILES string of the molecule is O=C(O)c1ccc(F)c(SCCSc2ccccc2)c1. The first-order valence-electron chi connectivity index (χ1n) is 6.00. The lowest BCUT2D eigenvalue weighted by molar-refractivity contribution is 0.0696. The summed E-state index contributed by atoms with van der Waals surface area (Å²) in [5.74, 6) is 0.153. The Balaban J connectivity index is 1.88. The summed E-state index contributed by atoms with van der Waals surface area (Å²) < 4.78 is 13.6. The lowest BCUT2D eigenvalue weighted by Crippen LogP contribution is -1.97. The molecule has 2 aromatic carbocycles. The Kier molecular flexibility index (Phi) is 5.49. The minimum absolute atomic E-state index is 0.115. The molecule has 5 heteroatoms. The van der Waals surface area contributed by atoms with E-state index in [0.29, 0.717) is 4.90 Å². The van der Waals surface area contributed by atoms with E-state index < -0.39 is 5.97 Å². The van der Waals surface area contributed by atoms with E-state index in [9.17, 15) is 9.18 Å². The van der Waals surface area contributed by atoms with E-state index in [1.165, 1.54) is 34.9 Å². The third-order valence-electron chi connectivity index (χ3n) is 2.53. The Bertz CT molecular complexity index is 588. The predicted octanol–water partition coefficient (Wildman–Crippen LogP) is 4.41. The molecule has 0 aliphatic heterocycles. The number of carboxylic acid groups (broad SMARTS) is 1. The molecule has 2 rings (SSSR count). The number of hydrogen-bond acceptors (Lipinski definition) is 3. The van der Waals surface area contributed by atoms with Crippen LogP contribution >= 0.6 is 23.5 Å². The van der Waals surface area contributed by atoms with Gasteiger partial charge in [0, 0.05) is 21.3 Å². The molecule has 0 unspecified atom stereocenters. The highest BCUT2D eigenvalue weighted by atomic mass is 32.2. The van der Waals surface area contributed by atoms with Crippen LogP contribution in [0, 0.1) is 5.82 Å². The lowest BCUT2D eigenvalue weighted by Gasteiger charge is -2.05. The van der Waals surface area contributed by atoms with E-state index in [0.717, 1.165) is 11.5 Å². The fourth-order valence-corrected chi connectivity index (χ4v) is 3.46. The molecule has 0 fully saturated rings.